The lowest BCUT2D eigenvalue weighted by Crippen LogP contribution is -2.53. The van der Waals surface area contributed by atoms with Crippen LogP contribution in [0.4, 0.5) is 10.1 Å². The van der Waals surface area contributed by atoms with Gasteiger partial charge in [0.25, 0.3) is 0 Å². The second kappa shape index (κ2) is 13.1. The maximum absolute atomic E-state index is 13.8. The lowest BCUT2D eigenvalue weighted by atomic mass is 10.0. The second-order valence-electron chi connectivity index (χ2n) is 8.62. The third-order valence-corrected chi connectivity index (χ3v) is 7.44. The largest absolute Gasteiger partial charge is 0.355 e. The number of halogens is 3. The average molecular weight is 581 g/mol. The number of anilines is 1. The molecule has 0 saturated heterocycles. The normalized spacial score (nSPS) is 12.0. The van der Waals surface area contributed by atoms with Crippen LogP contribution in [0.2, 0.25) is 10.0 Å². The molecule has 202 valence electrons. The number of nitrogens with zero attached hydrogens (tertiary/aromatic N) is 2. The van der Waals surface area contributed by atoms with E-state index >= 15 is 0 Å². The molecule has 0 aliphatic rings. The van der Waals surface area contributed by atoms with Crippen LogP contribution < -0.4 is 9.62 Å². The van der Waals surface area contributed by atoms with Crippen molar-refractivity contribution in [2.45, 2.75) is 25.9 Å². The quantitative estimate of drug-likeness (QED) is 0.357. The van der Waals surface area contributed by atoms with Crippen molar-refractivity contribution in [3.05, 3.63) is 99.8 Å². The molecule has 11 heteroatoms. The van der Waals surface area contributed by atoms with E-state index in [-0.39, 0.29) is 29.6 Å². The van der Waals surface area contributed by atoms with Crippen LogP contribution in [0.3, 0.4) is 0 Å². The molecule has 0 unspecified atom stereocenters. The highest BCUT2D eigenvalue weighted by Crippen LogP contribution is 2.25. The fourth-order valence-corrected chi connectivity index (χ4v) is 5.03. The van der Waals surface area contributed by atoms with Crippen molar-refractivity contribution in [3.63, 3.8) is 0 Å². The van der Waals surface area contributed by atoms with E-state index < -0.39 is 34.3 Å². The molecule has 0 aliphatic carbocycles. The number of amides is 2. The highest BCUT2D eigenvalue weighted by molar-refractivity contribution is 7.92. The van der Waals surface area contributed by atoms with Gasteiger partial charge in [0.1, 0.15) is 18.4 Å². The third kappa shape index (κ3) is 7.93. The van der Waals surface area contributed by atoms with E-state index in [1.54, 1.807) is 31.2 Å². The Labute approximate surface area is 232 Å². The van der Waals surface area contributed by atoms with Crippen LogP contribution in [0.15, 0.2) is 72.8 Å². The number of benzene rings is 3. The maximum atomic E-state index is 13.8. The third-order valence-electron chi connectivity index (χ3n) is 5.76. The molecule has 1 atom stereocenters. The van der Waals surface area contributed by atoms with E-state index in [0.29, 0.717) is 17.1 Å². The van der Waals surface area contributed by atoms with Gasteiger partial charge in [0, 0.05) is 24.5 Å². The summed E-state index contributed by atoms with van der Waals surface area (Å²) in [4.78, 5) is 28.5. The Bertz CT molecular complexity index is 1370. The molecule has 0 saturated carbocycles. The Morgan fingerprint density at radius 1 is 0.974 bits per heavy atom. The van der Waals surface area contributed by atoms with Crippen molar-refractivity contribution in [3.8, 4) is 0 Å². The summed E-state index contributed by atoms with van der Waals surface area (Å²) in [7, 11) is -3.98. The minimum Gasteiger partial charge on any atom is -0.355 e. The van der Waals surface area contributed by atoms with E-state index in [0.717, 1.165) is 28.3 Å². The SMILES string of the molecule is CCNC(=O)[C@@H](Cc1ccccc1)N(Cc1ccc(Cl)cc1)C(=O)CN(c1ccc(F)c(Cl)c1)S(C)(=O)=O. The number of carbonyl (C=O) groups excluding carboxylic acids is 2. The molecular formula is C27H28Cl2FN3O4S. The fourth-order valence-electron chi connectivity index (χ4n) is 3.89. The number of carbonyl (C=O) groups is 2. The zero-order valence-electron chi connectivity index (χ0n) is 20.9. The van der Waals surface area contributed by atoms with Gasteiger partial charge in [0.15, 0.2) is 0 Å². The number of hydrogen-bond donors (Lipinski definition) is 1. The standard InChI is InChI=1S/C27H28Cl2FN3O4S/c1-3-31-27(35)25(15-19-7-5-4-6-8-19)32(17-20-9-11-21(28)12-10-20)26(34)18-33(38(2,36)37)22-13-14-24(30)23(29)16-22/h4-14,16,25H,3,15,17-18H2,1-2H3,(H,31,35)/t25-/m1/s1. The highest BCUT2D eigenvalue weighted by atomic mass is 35.5. The summed E-state index contributed by atoms with van der Waals surface area (Å²) >= 11 is 11.9. The average Bonchev–Trinajstić information content (AvgIpc) is 2.87. The molecule has 3 rings (SSSR count). The second-order valence-corrected chi connectivity index (χ2v) is 11.4. The first-order chi connectivity index (χ1) is 18.0. The summed E-state index contributed by atoms with van der Waals surface area (Å²) in [6.07, 6.45) is 1.14. The van der Waals surface area contributed by atoms with Crippen molar-refractivity contribution >= 4 is 50.7 Å². The number of rotatable bonds is 11. The number of likely N-dealkylation sites (N-methyl/N-ethyl adjacent to an activating group) is 1. The summed E-state index contributed by atoms with van der Waals surface area (Å²) in [5.41, 5.74) is 1.54. The summed E-state index contributed by atoms with van der Waals surface area (Å²) in [5.74, 6) is -1.73. The molecule has 0 aromatic heterocycles. The molecule has 0 radical (unpaired) electrons. The lowest BCUT2D eigenvalue weighted by molar-refractivity contribution is -0.140. The molecule has 3 aromatic rings. The van der Waals surface area contributed by atoms with E-state index in [4.69, 9.17) is 23.2 Å². The van der Waals surface area contributed by atoms with Gasteiger partial charge in [0.05, 0.1) is 17.0 Å². The Kier molecular flexibility index (Phi) is 10.1. The Hall–Kier alpha value is -3.14. The summed E-state index contributed by atoms with van der Waals surface area (Å²) < 4.78 is 40.0. The van der Waals surface area contributed by atoms with Gasteiger partial charge in [-0.05, 0) is 48.4 Å². The van der Waals surface area contributed by atoms with E-state index in [9.17, 15) is 22.4 Å². The van der Waals surface area contributed by atoms with Crippen molar-refractivity contribution in [1.82, 2.24) is 10.2 Å². The summed E-state index contributed by atoms with van der Waals surface area (Å²) in [6, 6.07) is 18.4. The zero-order chi connectivity index (χ0) is 27.9. The minimum absolute atomic E-state index is 0.0203. The fraction of sp³-hybridized carbons (Fsp3) is 0.259. The summed E-state index contributed by atoms with van der Waals surface area (Å²) in [5, 5.41) is 3.00. The summed E-state index contributed by atoms with van der Waals surface area (Å²) in [6.45, 7) is 1.51. The smallest absolute Gasteiger partial charge is 0.244 e. The first kappa shape index (κ1) is 29.4. The first-order valence-electron chi connectivity index (χ1n) is 11.8. The van der Waals surface area contributed by atoms with Gasteiger partial charge in [-0.15, -0.1) is 0 Å². The molecule has 7 nitrogen and oxygen atoms in total. The molecule has 38 heavy (non-hydrogen) atoms. The van der Waals surface area contributed by atoms with Crippen molar-refractivity contribution in [2.75, 3.05) is 23.7 Å². The van der Waals surface area contributed by atoms with Gasteiger partial charge < -0.3 is 10.2 Å². The molecule has 0 fully saturated rings. The monoisotopic (exact) mass is 579 g/mol. The molecular weight excluding hydrogens is 552 g/mol. The topological polar surface area (TPSA) is 86.8 Å². The van der Waals surface area contributed by atoms with Crippen LogP contribution in [-0.2, 0) is 32.6 Å². The number of sulfonamides is 1. The van der Waals surface area contributed by atoms with Crippen LogP contribution in [0, 0.1) is 5.82 Å². The molecule has 0 aliphatic heterocycles. The van der Waals surface area contributed by atoms with E-state index in [1.165, 1.54) is 11.0 Å². The molecule has 0 bridgehead atoms. The van der Waals surface area contributed by atoms with Crippen molar-refractivity contribution in [2.24, 2.45) is 0 Å². The van der Waals surface area contributed by atoms with Gasteiger partial charge >= 0.3 is 0 Å². The van der Waals surface area contributed by atoms with Gasteiger partial charge in [-0.25, -0.2) is 12.8 Å². The Morgan fingerprint density at radius 3 is 2.21 bits per heavy atom. The van der Waals surface area contributed by atoms with Crippen LogP contribution in [-0.4, -0.2) is 50.5 Å². The predicted octanol–water partition coefficient (Wildman–Crippen LogP) is 4.67. The van der Waals surface area contributed by atoms with Gasteiger partial charge in [0.2, 0.25) is 21.8 Å². The van der Waals surface area contributed by atoms with Gasteiger partial charge in [-0.2, -0.15) is 0 Å². The van der Waals surface area contributed by atoms with Crippen LogP contribution >= 0.6 is 23.2 Å². The highest BCUT2D eigenvalue weighted by Gasteiger charge is 2.33. The van der Waals surface area contributed by atoms with E-state index in [2.05, 4.69) is 5.32 Å². The van der Waals surface area contributed by atoms with E-state index in [1.807, 2.05) is 30.3 Å². The van der Waals surface area contributed by atoms with Gasteiger partial charge in [-0.3, -0.25) is 13.9 Å². The van der Waals surface area contributed by atoms with Gasteiger partial charge in [-0.1, -0.05) is 65.7 Å². The Morgan fingerprint density at radius 2 is 1.63 bits per heavy atom. The first-order valence-corrected chi connectivity index (χ1v) is 14.4. The molecule has 0 heterocycles. The van der Waals surface area contributed by atoms with Crippen molar-refractivity contribution < 1.29 is 22.4 Å². The van der Waals surface area contributed by atoms with Crippen LogP contribution in [0.5, 0.6) is 0 Å². The van der Waals surface area contributed by atoms with Crippen LogP contribution in [0.25, 0.3) is 0 Å². The molecule has 0 spiro atoms. The van der Waals surface area contributed by atoms with Crippen LogP contribution in [0.1, 0.15) is 18.1 Å². The zero-order valence-corrected chi connectivity index (χ0v) is 23.2. The molecule has 3 aromatic carbocycles. The molecule has 2 amide bonds. The number of hydrogen-bond acceptors (Lipinski definition) is 4. The van der Waals surface area contributed by atoms with Crippen molar-refractivity contribution in [1.29, 1.82) is 0 Å². The maximum Gasteiger partial charge on any atom is 0.244 e. The lowest BCUT2D eigenvalue weighted by Gasteiger charge is -2.33. The Balaban J connectivity index is 2.04. The molecule has 1 N–H and O–H groups in total. The minimum atomic E-state index is -3.98. The number of nitrogens with one attached hydrogen (secondary N) is 1. The predicted molar refractivity (Wildman–Crippen MR) is 148 cm³/mol.